The number of alkyl halides is 1. The number of hydrogen-bond acceptors (Lipinski definition) is 4. The Morgan fingerprint density at radius 2 is 1.88 bits per heavy atom. The molecule has 2 fully saturated rings. The lowest BCUT2D eigenvalue weighted by Gasteiger charge is -2.46. The maximum Gasteiger partial charge on any atom is 0.113 e. The summed E-state index contributed by atoms with van der Waals surface area (Å²) in [6.45, 7) is 1.34. The van der Waals surface area contributed by atoms with E-state index in [0.29, 0.717) is 5.92 Å². The summed E-state index contributed by atoms with van der Waals surface area (Å²) in [7, 11) is 0. The van der Waals surface area contributed by atoms with Gasteiger partial charge in [-0.3, -0.25) is 9.98 Å². The van der Waals surface area contributed by atoms with Crippen molar-refractivity contribution in [3.63, 3.8) is 0 Å². The Bertz CT molecular complexity index is 960. The molecule has 0 radical (unpaired) electrons. The van der Waals surface area contributed by atoms with Crippen LogP contribution >= 0.6 is 0 Å². The summed E-state index contributed by atoms with van der Waals surface area (Å²) in [6.07, 6.45) is 13.9. The fraction of sp³-hybridized carbons (Fsp3) is 0.586. The van der Waals surface area contributed by atoms with Crippen LogP contribution in [0.2, 0.25) is 0 Å². The first kappa shape index (κ1) is 23.6. The lowest BCUT2D eigenvalue weighted by molar-refractivity contribution is -0.104. The Morgan fingerprint density at radius 1 is 1.06 bits per heavy atom. The molecule has 182 valence electrons. The summed E-state index contributed by atoms with van der Waals surface area (Å²) in [4.78, 5) is 9.78. The third kappa shape index (κ3) is 4.96. The topological polar surface area (TPSA) is 43.7 Å². The molecule has 1 aromatic carbocycles. The minimum absolute atomic E-state index is 0.00568. The summed E-state index contributed by atoms with van der Waals surface area (Å²) in [5, 5.41) is 0. The van der Waals surface area contributed by atoms with Gasteiger partial charge in [-0.05, 0) is 68.2 Å². The Labute approximate surface area is 203 Å². The number of rotatable bonds is 8. The molecule has 2 aromatic rings. The molecule has 0 bridgehead atoms. The predicted molar refractivity (Wildman–Crippen MR) is 133 cm³/mol. The SMILES string of the molecule is FCCO[C@H]1CCC(/C=N/CC[C@@]2(c3ccccn3)CCOC3(CCCC3)C2)c2ccccc21. The van der Waals surface area contributed by atoms with E-state index in [1.165, 1.54) is 42.5 Å². The standard InChI is InChI=1S/C29H37FN2O2/c30-16-20-33-26-11-10-23(24-7-1-2-8-25(24)26)21-31-18-14-28(27-9-3-6-17-32-27)15-19-34-29(22-28)12-4-5-13-29/h1-3,6-9,17,21,23,26H,4-5,10-16,18-20,22H2/b31-21+/t23?,26-,28+/m0/s1. The van der Waals surface area contributed by atoms with Crippen LogP contribution in [-0.4, -0.2) is 43.2 Å². The zero-order valence-electron chi connectivity index (χ0n) is 20.1. The van der Waals surface area contributed by atoms with Gasteiger partial charge >= 0.3 is 0 Å². The average molecular weight is 465 g/mol. The van der Waals surface area contributed by atoms with Gasteiger partial charge in [-0.2, -0.15) is 0 Å². The number of aliphatic imine (C=N–C) groups is 1. The average Bonchev–Trinajstić information content (AvgIpc) is 3.33. The van der Waals surface area contributed by atoms with E-state index in [1.54, 1.807) is 0 Å². The van der Waals surface area contributed by atoms with Gasteiger partial charge in [0.25, 0.3) is 0 Å². The first-order chi connectivity index (χ1) is 16.7. The fourth-order valence-corrected chi connectivity index (χ4v) is 6.57. The molecule has 3 aliphatic rings. The second kappa shape index (κ2) is 10.7. The van der Waals surface area contributed by atoms with Crippen molar-refractivity contribution >= 4 is 6.21 Å². The van der Waals surface area contributed by atoms with Crippen LogP contribution in [0, 0.1) is 0 Å². The number of pyridine rings is 1. The summed E-state index contributed by atoms with van der Waals surface area (Å²) in [6, 6.07) is 14.7. The van der Waals surface area contributed by atoms with Crippen LogP contribution in [0.25, 0.3) is 0 Å². The van der Waals surface area contributed by atoms with Gasteiger partial charge in [-0.15, -0.1) is 0 Å². The fourth-order valence-electron chi connectivity index (χ4n) is 6.57. The van der Waals surface area contributed by atoms with E-state index in [1.807, 2.05) is 18.3 Å². The van der Waals surface area contributed by atoms with Gasteiger partial charge in [0.05, 0.1) is 18.3 Å². The third-order valence-corrected chi connectivity index (χ3v) is 8.26. The van der Waals surface area contributed by atoms with Crippen LogP contribution in [0.3, 0.4) is 0 Å². The molecule has 5 rings (SSSR count). The zero-order valence-corrected chi connectivity index (χ0v) is 20.1. The van der Waals surface area contributed by atoms with Crippen molar-refractivity contribution in [2.75, 3.05) is 26.4 Å². The molecule has 1 saturated heterocycles. The number of ether oxygens (including phenoxy) is 2. The third-order valence-electron chi connectivity index (χ3n) is 8.26. The number of fused-ring (bicyclic) bond motifs is 1. The van der Waals surface area contributed by atoms with Gasteiger partial charge < -0.3 is 9.47 Å². The van der Waals surface area contributed by atoms with Crippen molar-refractivity contribution in [2.45, 2.75) is 80.8 Å². The van der Waals surface area contributed by atoms with Gasteiger partial charge in [-0.1, -0.05) is 43.2 Å². The number of benzene rings is 1. The van der Waals surface area contributed by atoms with Crippen molar-refractivity contribution in [3.05, 3.63) is 65.5 Å². The van der Waals surface area contributed by atoms with Crippen LogP contribution in [0.15, 0.2) is 53.7 Å². The summed E-state index contributed by atoms with van der Waals surface area (Å²) in [5.74, 6) is 0.295. The molecule has 1 spiro atoms. The summed E-state index contributed by atoms with van der Waals surface area (Å²) in [5.41, 5.74) is 3.75. The Balaban J connectivity index is 1.29. The lowest BCUT2D eigenvalue weighted by atomic mass is 9.68. The molecule has 4 nitrogen and oxygen atoms in total. The van der Waals surface area contributed by atoms with Crippen LogP contribution < -0.4 is 0 Å². The van der Waals surface area contributed by atoms with Gasteiger partial charge in [-0.25, -0.2) is 4.39 Å². The molecule has 1 aliphatic heterocycles. The molecule has 0 N–H and O–H groups in total. The van der Waals surface area contributed by atoms with E-state index < -0.39 is 6.67 Å². The second-order valence-corrected chi connectivity index (χ2v) is 10.3. The first-order valence-electron chi connectivity index (χ1n) is 13.1. The highest BCUT2D eigenvalue weighted by Gasteiger charge is 2.48. The van der Waals surface area contributed by atoms with Crippen molar-refractivity contribution in [1.29, 1.82) is 0 Å². The predicted octanol–water partition coefficient (Wildman–Crippen LogP) is 6.51. The highest BCUT2D eigenvalue weighted by atomic mass is 19.1. The van der Waals surface area contributed by atoms with E-state index in [4.69, 9.17) is 19.5 Å². The normalized spacial score (nSPS) is 28.4. The maximum absolute atomic E-state index is 12.7. The minimum atomic E-state index is -0.437. The van der Waals surface area contributed by atoms with Crippen molar-refractivity contribution < 1.29 is 13.9 Å². The van der Waals surface area contributed by atoms with Crippen LogP contribution in [0.1, 0.15) is 86.6 Å². The molecular formula is C29H37FN2O2. The molecule has 1 aromatic heterocycles. The number of nitrogens with zero attached hydrogens (tertiary/aromatic N) is 2. The monoisotopic (exact) mass is 464 g/mol. The molecule has 5 heteroatoms. The molecule has 0 amide bonds. The number of halogens is 1. The molecule has 3 atom stereocenters. The zero-order chi connectivity index (χ0) is 23.3. The van der Waals surface area contributed by atoms with Gasteiger partial charge in [0, 0.05) is 42.6 Å². The van der Waals surface area contributed by atoms with Crippen molar-refractivity contribution in [2.24, 2.45) is 4.99 Å². The Morgan fingerprint density at radius 3 is 2.68 bits per heavy atom. The summed E-state index contributed by atoms with van der Waals surface area (Å²) >= 11 is 0. The van der Waals surface area contributed by atoms with Crippen LogP contribution in [0.5, 0.6) is 0 Å². The van der Waals surface area contributed by atoms with E-state index in [9.17, 15) is 4.39 Å². The lowest BCUT2D eigenvalue weighted by Crippen LogP contribution is -2.46. The molecule has 1 unspecified atom stereocenters. The Hall–Kier alpha value is -2.11. The minimum Gasteiger partial charge on any atom is -0.375 e. The molecule has 34 heavy (non-hydrogen) atoms. The maximum atomic E-state index is 12.7. The highest BCUT2D eigenvalue weighted by molar-refractivity contribution is 5.69. The van der Waals surface area contributed by atoms with Crippen molar-refractivity contribution in [3.8, 4) is 0 Å². The highest BCUT2D eigenvalue weighted by Crippen LogP contribution is 2.49. The number of hydrogen-bond donors (Lipinski definition) is 0. The van der Waals surface area contributed by atoms with E-state index in [2.05, 4.69) is 36.5 Å². The molecule has 1 saturated carbocycles. The Kier molecular flexibility index (Phi) is 7.40. The summed E-state index contributed by atoms with van der Waals surface area (Å²) < 4.78 is 24.8. The van der Waals surface area contributed by atoms with Gasteiger partial charge in [0.2, 0.25) is 0 Å². The van der Waals surface area contributed by atoms with Crippen LogP contribution in [0.4, 0.5) is 4.39 Å². The van der Waals surface area contributed by atoms with E-state index >= 15 is 0 Å². The van der Waals surface area contributed by atoms with Gasteiger partial charge in [0.1, 0.15) is 6.67 Å². The van der Waals surface area contributed by atoms with Gasteiger partial charge in [0.15, 0.2) is 0 Å². The first-order valence-corrected chi connectivity index (χ1v) is 13.1. The second-order valence-electron chi connectivity index (χ2n) is 10.3. The molecule has 2 heterocycles. The van der Waals surface area contributed by atoms with E-state index in [-0.39, 0.29) is 23.7 Å². The smallest absolute Gasteiger partial charge is 0.113 e. The van der Waals surface area contributed by atoms with Crippen molar-refractivity contribution in [1.82, 2.24) is 4.98 Å². The quantitative estimate of drug-likeness (QED) is 0.418. The van der Waals surface area contributed by atoms with E-state index in [0.717, 1.165) is 45.3 Å². The van der Waals surface area contributed by atoms with Crippen LogP contribution in [-0.2, 0) is 14.9 Å². The largest absolute Gasteiger partial charge is 0.375 e. The molecule has 2 aliphatic carbocycles. The molecular weight excluding hydrogens is 427 g/mol. The number of aromatic nitrogens is 1.